The van der Waals surface area contributed by atoms with E-state index in [-0.39, 0.29) is 18.3 Å². The first-order valence-corrected chi connectivity index (χ1v) is 4.55. The summed E-state index contributed by atoms with van der Waals surface area (Å²) in [6.45, 7) is 0.221. The average molecular weight is 207 g/mol. The summed E-state index contributed by atoms with van der Waals surface area (Å²) < 4.78 is 18.2. The molecule has 0 fully saturated rings. The summed E-state index contributed by atoms with van der Waals surface area (Å²) in [5.74, 6) is 0.0562. The lowest BCUT2D eigenvalue weighted by Gasteiger charge is -2.16. The van der Waals surface area contributed by atoms with E-state index in [2.05, 4.69) is 5.32 Å². The Morgan fingerprint density at radius 3 is 3.07 bits per heavy atom. The minimum Gasteiger partial charge on any atom is -0.488 e. The number of nitrogens with one attached hydrogen (secondary N) is 1. The van der Waals surface area contributed by atoms with Crippen LogP contribution in [0.5, 0.6) is 5.75 Å². The largest absolute Gasteiger partial charge is 0.488 e. The standard InChI is InChI=1S/C11H10FNO2/c1-13-11(14)8-4-7-5-9(12)2-3-10(7)15-6-8/h2-5H,6H2,1H3,(H,13,14). The highest BCUT2D eigenvalue weighted by molar-refractivity contribution is 5.98. The quantitative estimate of drug-likeness (QED) is 0.754. The van der Waals surface area contributed by atoms with Crippen LogP contribution in [0.1, 0.15) is 5.56 Å². The normalized spacial score (nSPS) is 13.6. The maximum absolute atomic E-state index is 12.9. The van der Waals surface area contributed by atoms with Crippen molar-refractivity contribution in [2.24, 2.45) is 0 Å². The van der Waals surface area contributed by atoms with E-state index in [4.69, 9.17) is 4.74 Å². The van der Waals surface area contributed by atoms with E-state index in [9.17, 15) is 9.18 Å². The van der Waals surface area contributed by atoms with Crippen LogP contribution in [0.2, 0.25) is 0 Å². The fourth-order valence-electron chi connectivity index (χ4n) is 1.44. The van der Waals surface area contributed by atoms with Crippen LogP contribution in [0.3, 0.4) is 0 Å². The molecule has 0 aromatic heterocycles. The van der Waals surface area contributed by atoms with Gasteiger partial charge in [0.1, 0.15) is 18.2 Å². The number of hydrogen-bond acceptors (Lipinski definition) is 2. The molecule has 0 atom stereocenters. The Labute approximate surface area is 86.6 Å². The summed E-state index contributed by atoms with van der Waals surface area (Å²) in [6, 6.07) is 4.23. The van der Waals surface area contributed by atoms with E-state index in [1.54, 1.807) is 19.2 Å². The molecule has 0 bridgehead atoms. The van der Waals surface area contributed by atoms with Crippen molar-refractivity contribution in [2.45, 2.75) is 0 Å². The first-order chi connectivity index (χ1) is 7.20. The molecule has 0 radical (unpaired) electrons. The topological polar surface area (TPSA) is 38.3 Å². The van der Waals surface area contributed by atoms with Crippen molar-refractivity contribution in [2.75, 3.05) is 13.7 Å². The van der Waals surface area contributed by atoms with Crippen LogP contribution in [0.15, 0.2) is 23.8 Å². The molecule has 1 aliphatic heterocycles. The van der Waals surface area contributed by atoms with Crippen LogP contribution in [0, 0.1) is 5.82 Å². The second-order valence-corrected chi connectivity index (χ2v) is 3.22. The van der Waals surface area contributed by atoms with Crippen molar-refractivity contribution in [3.05, 3.63) is 35.2 Å². The maximum atomic E-state index is 12.9. The molecule has 4 heteroatoms. The Morgan fingerprint density at radius 1 is 1.53 bits per heavy atom. The van der Waals surface area contributed by atoms with Crippen molar-refractivity contribution in [3.63, 3.8) is 0 Å². The van der Waals surface area contributed by atoms with Crippen molar-refractivity contribution < 1.29 is 13.9 Å². The zero-order valence-electron chi connectivity index (χ0n) is 8.21. The van der Waals surface area contributed by atoms with Gasteiger partial charge >= 0.3 is 0 Å². The summed E-state index contributed by atoms with van der Waals surface area (Å²) in [5.41, 5.74) is 1.09. The number of carbonyl (C=O) groups is 1. The van der Waals surface area contributed by atoms with Gasteiger partial charge in [-0.25, -0.2) is 4.39 Å². The van der Waals surface area contributed by atoms with Crippen LogP contribution < -0.4 is 10.1 Å². The summed E-state index contributed by atoms with van der Waals surface area (Å²) in [5, 5.41) is 2.50. The monoisotopic (exact) mass is 207 g/mol. The molecule has 15 heavy (non-hydrogen) atoms. The van der Waals surface area contributed by atoms with Gasteiger partial charge in [0, 0.05) is 12.6 Å². The third kappa shape index (κ3) is 1.83. The minimum atomic E-state index is -0.341. The summed E-state index contributed by atoms with van der Waals surface area (Å²) in [7, 11) is 1.55. The van der Waals surface area contributed by atoms with Crippen LogP contribution >= 0.6 is 0 Å². The lowest BCUT2D eigenvalue weighted by atomic mass is 10.1. The van der Waals surface area contributed by atoms with E-state index < -0.39 is 0 Å². The fourth-order valence-corrected chi connectivity index (χ4v) is 1.44. The van der Waals surface area contributed by atoms with Crippen molar-refractivity contribution in [1.29, 1.82) is 0 Å². The molecule has 1 amide bonds. The molecule has 1 aliphatic rings. The second-order valence-electron chi connectivity index (χ2n) is 3.22. The molecule has 3 nitrogen and oxygen atoms in total. The molecular formula is C11H10FNO2. The minimum absolute atomic E-state index is 0.204. The highest BCUT2D eigenvalue weighted by atomic mass is 19.1. The average Bonchev–Trinajstić information content (AvgIpc) is 2.27. The van der Waals surface area contributed by atoms with Crippen molar-refractivity contribution >= 4 is 12.0 Å². The number of fused-ring (bicyclic) bond motifs is 1. The Balaban J connectivity index is 2.39. The highest BCUT2D eigenvalue weighted by Crippen LogP contribution is 2.26. The van der Waals surface area contributed by atoms with Gasteiger partial charge in [0.15, 0.2) is 0 Å². The molecule has 1 aromatic rings. The van der Waals surface area contributed by atoms with Gasteiger partial charge in [-0.05, 0) is 24.3 Å². The molecule has 1 heterocycles. The van der Waals surface area contributed by atoms with Gasteiger partial charge in [-0.2, -0.15) is 0 Å². The summed E-state index contributed by atoms with van der Waals surface area (Å²) in [6.07, 6.45) is 1.64. The van der Waals surface area contributed by atoms with Crippen molar-refractivity contribution in [1.82, 2.24) is 5.32 Å². The van der Waals surface area contributed by atoms with Crippen molar-refractivity contribution in [3.8, 4) is 5.75 Å². The summed E-state index contributed by atoms with van der Waals surface area (Å²) >= 11 is 0. The second kappa shape index (κ2) is 3.73. The number of hydrogen-bond donors (Lipinski definition) is 1. The smallest absolute Gasteiger partial charge is 0.250 e. The molecule has 0 saturated carbocycles. The van der Waals surface area contributed by atoms with Gasteiger partial charge in [-0.1, -0.05) is 0 Å². The van der Waals surface area contributed by atoms with Crippen LogP contribution in [0.4, 0.5) is 4.39 Å². The van der Waals surface area contributed by atoms with E-state index in [1.807, 2.05) is 0 Å². The zero-order chi connectivity index (χ0) is 10.8. The first kappa shape index (κ1) is 9.71. The van der Waals surface area contributed by atoms with Gasteiger partial charge in [0.2, 0.25) is 5.91 Å². The predicted molar refractivity (Wildman–Crippen MR) is 53.9 cm³/mol. The van der Waals surface area contributed by atoms with E-state index in [0.29, 0.717) is 16.9 Å². The molecule has 0 saturated heterocycles. The van der Waals surface area contributed by atoms with Crippen LogP contribution in [0.25, 0.3) is 6.08 Å². The van der Waals surface area contributed by atoms with Gasteiger partial charge in [-0.15, -0.1) is 0 Å². The predicted octanol–water partition coefficient (Wildman–Crippen LogP) is 1.35. The molecular weight excluding hydrogens is 197 g/mol. The van der Waals surface area contributed by atoms with Gasteiger partial charge in [-0.3, -0.25) is 4.79 Å². The summed E-state index contributed by atoms with van der Waals surface area (Å²) in [4.78, 5) is 11.3. The van der Waals surface area contributed by atoms with Crippen LogP contribution in [-0.2, 0) is 4.79 Å². The third-order valence-electron chi connectivity index (χ3n) is 2.20. The number of carbonyl (C=O) groups excluding carboxylic acids is 1. The first-order valence-electron chi connectivity index (χ1n) is 4.55. The number of likely N-dealkylation sites (N-methyl/N-ethyl adjacent to an activating group) is 1. The Morgan fingerprint density at radius 2 is 2.33 bits per heavy atom. The van der Waals surface area contributed by atoms with Gasteiger partial charge in [0.05, 0.1) is 5.57 Å². The van der Waals surface area contributed by atoms with E-state index >= 15 is 0 Å². The SMILES string of the molecule is CNC(=O)C1=Cc2cc(F)ccc2OC1. The number of amides is 1. The molecule has 0 aliphatic carbocycles. The maximum Gasteiger partial charge on any atom is 0.250 e. The highest BCUT2D eigenvalue weighted by Gasteiger charge is 2.16. The van der Waals surface area contributed by atoms with E-state index in [0.717, 1.165) is 0 Å². The molecule has 1 aromatic carbocycles. The van der Waals surface area contributed by atoms with Gasteiger partial charge < -0.3 is 10.1 Å². The third-order valence-corrected chi connectivity index (χ3v) is 2.20. The molecule has 0 spiro atoms. The Bertz CT molecular complexity index is 440. The number of ether oxygens (including phenoxy) is 1. The Kier molecular flexibility index (Phi) is 2.41. The van der Waals surface area contributed by atoms with E-state index in [1.165, 1.54) is 12.1 Å². The molecule has 2 rings (SSSR count). The fraction of sp³-hybridized carbons (Fsp3) is 0.182. The molecule has 1 N–H and O–H groups in total. The number of benzene rings is 1. The zero-order valence-corrected chi connectivity index (χ0v) is 8.21. The lowest BCUT2D eigenvalue weighted by Crippen LogP contribution is -2.25. The molecule has 78 valence electrons. The Hall–Kier alpha value is -1.84. The molecule has 0 unspecified atom stereocenters. The lowest BCUT2D eigenvalue weighted by molar-refractivity contribution is -0.117. The number of halogens is 1. The number of rotatable bonds is 1. The van der Waals surface area contributed by atoms with Gasteiger partial charge in [0.25, 0.3) is 0 Å². The van der Waals surface area contributed by atoms with Crippen LogP contribution in [-0.4, -0.2) is 19.6 Å².